The maximum atomic E-state index is 10.9. The van der Waals surface area contributed by atoms with Gasteiger partial charge in [-0.2, -0.15) is 0 Å². The predicted molar refractivity (Wildman–Crippen MR) is 56.7 cm³/mol. The molecule has 1 saturated heterocycles. The minimum atomic E-state index is -0.816. The van der Waals surface area contributed by atoms with Crippen LogP contribution in [0.4, 0.5) is 0 Å². The van der Waals surface area contributed by atoms with Crippen molar-refractivity contribution in [3.8, 4) is 0 Å². The molecule has 1 fully saturated rings. The van der Waals surface area contributed by atoms with Gasteiger partial charge in [-0.1, -0.05) is 6.82 Å². The standard InChI is InChI=1S/C9H18BNO4/c1-10(14)4-6-15-8-7(9(12)13)3-2-5-11-8/h7-8,11,14H,2-6H2,1H3,(H,12,13). The second-order valence-corrected chi connectivity index (χ2v) is 3.97. The SMILES string of the molecule is CB(O)CCOC1NCCCC1C(=O)O. The van der Waals surface area contributed by atoms with Crippen LogP contribution in [0.5, 0.6) is 0 Å². The van der Waals surface area contributed by atoms with Crippen molar-refractivity contribution in [1.82, 2.24) is 5.32 Å². The Balaban J connectivity index is 2.33. The fourth-order valence-corrected chi connectivity index (χ4v) is 1.65. The van der Waals surface area contributed by atoms with Gasteiger partial charge in [0.2, 0.25) is 0 Å². The molecule has 1 aliphatic rings. The van der Waals surface area contributed by atoms with Gasteiger partial charge in [0.1, 0.15) is 6.23 Å². The Morgan fingerprint density at radius 3 is 3.00 bits per heavy atom. The third-order valence-corrected chi connectivity index (χ3v) is 2.55. The second kappa shape index (κ2) is 6.10. The van der Waals surface area contributed by atoms with E-state index in [0.29, 0.717) is 19.3 Å². The zero-order chi connectivity index (χ0) is 11.3. The lowest BCUT2D eigenvalue weighted by molar-refractivity contribution is -0.150. The molecule has 0 spiro atoms. The van der Waals surface area contributed by atoms with Crippen LogP contribution in [0, 0.1) is 5.92 Å². The largest absolute Gasteiger partial charge is 0.481 e. The van der Waals surface area contributed by atoms with Crippen LogP contribution < -0.4 is 5.32 Å². The summed E-state index contributed by atoms with van der Waals surface area (Å²) >= 11 is 0. The van der Waals surface area contributed by atoms with Crippen molar-refractivity contribution in [2.24, 2.45) is 5.92 Å². The van der Waals surface area contributed by atoms with Crippen molar-refractivity contribution < 1.29 is 19.7 Å². The molecule has 0 amide bonds. The van der Waals surface area contributed by atoms with Gasteiger partial charge in [0.25, 0.3) is 6.92 Å². The van der Waals surface area contributed by atoms with E-state index in [1.165, 1.54) is 0 Å². The average molecular weight is 215 g/mol. The Morgan fingerprint density at radius 2 is 2.40 bits per heavy atom. The van der Waals surface area contributed by atoms with E-state index in [1.54, 1.807) is 6.82 Å². The van der Waals surface area contributed by atoms with Crippen LogP contribution >= 0.6 is 0 Å². The van der Waals surface area contributed by atoms with Gasteiger partial charge in [-0.25, -0.2) is 0 Å². The summed E-state index contributed by atoms with van der Waals surface area (Å²) < 4.78 is 5.42. The minimum Gasteiger partial charge on any atom is -0.481 e. The van der Waals surface area contributed by atoms with Crippen LogP contribution in [0.25, 0.3) is 0 Å². The number of aliphatic carboxylic acids is 1. The second-order valence-electron chi connectivity index (χ2n) is 3.97. The van der Waals surface area contributed by atoms with Gasteiger partial charge in [0.05, 0.1) is 5.92 Å². The average Bonchev–Trinajstić information content (AvgIpc) is 2.17. The van der Waals surface area contributed by atoms with Gasteiger partial charge in [-0.15, -0.1) is 0 Å². The third-order valence-electron chi connectivity index (χ3n) is 2.55. The van der Waals surface area contributed by atoms with Crippen LogP contribution in [0.3, 0.4) is 0 Å². The predicted octanol–water partition coefficient (Wildman–Crippen LogP) is 0.0269. The molecule has 1 rings (SSSR count). The van der Waals surface area contributed by atoms with E-state index in [-0.39, 0.29) is 0 Å². The molecule has 2 atom stereocenters. The van der Waals surface area contributed by atoms with Crippen LogP contribution in [0.2, 0.25) is 13.1 Å². The van der Waals surface area contributed by atoms with E-state index in [0.717, 1.165) is 13.0 Å². The number of hydrogen-bond acceptors (Lipinski definition) is 4. The number of rotatable bonds is 5. The van der Waals surface area contributed by atoms with Crippen molar-refractivity contribution in [2.75, 3.05) is 13.2 Å². The summed E-state index contributed by atoms with van der Waals surface area (Å²) in [5, 5.41) is 21.0. The maximum absolute atomic E-state index is 10.9. The van der Waals surface area contributed by atoms with E-state index in [2.05, 4.69) is 5.32 Å². The molecule has 1 heterocycles. The fourth-order valence-electron chi connectivity index (χ4n) is 1.65. The number of ether oxygens (including phenoxy) is 1. The first kappa shape index (κ1) is 12.5. The molecule has 5 nitrogen and oxygen atoms in total. The van der Waals surface area contributed by atoms with Crippen LogP contribution in [0.15, 0.2) is 0 Å². The van der Waals surface area contributed by atoms with Gasteiger partial charge in [-0.05, 0) is 25.7 Å². The summed E-state index contributed by atoms with van der Waals surface area (Å²) in [6.45, 7) is 2.46. The highest BCUT2D eigenvalue weighted by Gasteiger charge is 2.31. The van der Waals surface area contributed by atoms with E-state index >= 15 is 0 Å². The molecular weight excluding hydrogens is 197 g/mol. The van der Waals surface area contributed by atoms with Gasteiger partial charge in [0.15, 0.2) is 0 Å². The van der Waals surface area contributed by atoms with E-state index in [1.807, 2.05) is 0 Å². The van der Waals surface area contributed by atoms with Crippen molar-refractivity contribution in [3.63, 3.8) is 0 Å². The molecule has 1 aliphatic heterocycles. The maximum Gasteiger partial charge on any atom is 0.310 e. The van der Waals surface area contributed by atoms with E-state index in [4.69, 9.17) is 14.9 Å². The summed E-state index contributed by atoms with van der Waals surface area (Å²) in [5.41, 5.74) is 0. The summed E-state index contributed by atoms with van der Waals surface area (Å²) in [5.74, 6) is -1.28. The van der Waals surface area contributed by atoms with Gasteiger partial charge < -0.3 is 14.9 Å². The van der Waals surface area contributed by atoms with Gasteiger partial charge in [0, 0.05) is 6.61 Å². The summed E-state index contributed by atoms with van der Waals surface area (Å²) in [6, 6.07) is 0. The van der Waals surface area contributed by atoms with Crippen LogP contribution in [-0.2, 0) is 9.53 Å². The molecule has 15 heavy (non-hydrogen) atoms. The molecule has 0 aromatic carbocycles. The Hall–Kier alpha value is -0.585. The van der Waals surface area contributed by atoms with Crippen LogP contribution in [-0.4, -0.2) is 42.4 Å². The molecule has 0 saturated carbocycles. The monoisotopic (exact) mass is 215 g/mol. The van der Waals surface area contributed by atoms with Gasteiger partial charge >= 0.3 is 5.97 Å². The molecule has 0 bridgehead atoms. The molecular formula is C9H18BNO4. The normalized spacial score (nSPS) is 26.3. The lowest BCUT2D eigenvalue weighted by atomic mass is 9.69. The highest BCUT2D eigenvalue weighted by atomic mass is 16.5. The zero-order valence-corrected chi connectivity index (χ0v) is 8.98. The molecule has 2 unspecified atom stereocenters. The molecule has 6 heteroatoms. The third kappa shape index (κ3) is 4.19. The van der Waals surface area contributed by atoms with E-state index in [9.17, 15) is 4.79 Å². The van der Waals surface area contributed by atoms with Crippen molar-refractivity contribution in [2.45, 2.75) is 32.2 Å². The minimum absolute atomic E-state index is 0.388. The summed E-state index contributed by atoms with van der Waals surface area (Å²) in [4.78, 5) is 10.9. The Morgan fingerprint density at radius 1 is 1.67 bits per heavy atom. The molecule has 0 radical (unpaired) electrons. The quantitative estimate of drug-likeness (QED) is 0.563. The summed E-state index contributed by atoms with van der Waals surface area (Å²) in [7, 11) is 0. The molecule has 86 valence electrons. The number of piperidine rings is 1. The lowest BCUT2D eigenvalue weighted by Crippen LogP contribution is -2.46. The summed E-state index contributed by atoms with van der Waals surface area (Å²) in [6.07, 6.45) is 1.65. The highest BCUT2D eigenvalue weighted by Crippen LogP contribution is 2.17. The number of carboxylic acid groups (broad SMARTS) is 1. The van der Waals surface area contributed by atoms with Crippen molar-refractivity contribution in [1.29, 1.82) is 0 Å². The van der Waals surface area contributed by atoms with E-state index < -0.39 is 25.0 Å². The lowest BCUT2D eigenvalue weighted by Gasteiger charge is -2.29. The first-order chi connectivity index (χ1) is 7.11. The van der Waals surface area contributed by atoms with Crippen molar-refractivity contribution in [3.05, 3.63) is 0 Å². The molecule has 0 aromatic heterocycles. The van der Waals surface area contributed by atoms with Gasteiger partial charge in [-0.3, -0.25) is 10.1 Å². The first-order valence-corrected chi connectivity index (χ1v) is 5.37. The molecule has 0 aliphatic carbocycles. The number of carbonyl (C=O) groups is 1. The Bertz CT molecular complexity index is 212. The highest BCUT2D eigenvalue weighted by molar-refractivity contribution is 6.48. The topological polar surface area (TPSA) is 78.8 Å². The number of hydrogen-bond donors (Lipinski definition) is 3. The number of carboxylic acids is 1. The Kier molecular flexibility index (Phi) is 5.07. The smallest absolute Gasteiger partial charge is 0.310 e. The Labute approximate surface area is 89.9 Å². The fraction of sp³-hybridized carbons (Fsp3) is 0.889. The molecule has 3 N–H and O–H groups in total. The van der Waals surface area contributed by atoms with Crippen LogP contribution in [0.1, 0.15) is 12.8 Å². The number of nitrogens with one attached hydrogen (secondary N) is 1. The zero-order valence-electron chi connectivity index (χ0n) is 8.98. The molecule has 0 aromatic rings. The first-order valence-electron chi connectivity index (χ1n) is 5.37. The van der Waals surface area contributed by atoms with Crippen molar-refractivity contribution >= 4 is 12.9 Å².